The molecule has 1 atom stereocenters. The van der Waals surface area contributed by atoms with Crippen LogP contribution < -0.4 is 10.6 Å². The molecule has 1 aromatic heterocycles. The minimum atomic E-state index is -0.127. The first-order valence-electron chi connectivity index (χ1n) is 10.4. The Morgan fingerprint density at radius 3 is 2.50 bits per heavy atom. The molecule has 0 radical (unpaired) electrons. The lowest BCUT2D eigenvalue weighted by molar-refractivity contribution is 0.0932. The van der Waals surface area contributed by atoms with Crippen LogP contribution in [0.15, 0.2) is 30.3 Å². The van der Waals surface area contributed by atoms with Gasteiger partial charge in [-0.15, -0.1) is 29.9 Å². The number of carbonyl (C=O) groups is 1. The number of benzene rings is 1. The zero-order valence-corrected chi connectivity index (χ0v) is 19.1. The lowest BCUT2D eigenvalue weighted by atomic mass is 10.1. The van der Waals surface area contributed by atoms with Crippen LogP contribution in [0.5, 0.6) is 0 Å². The molecule has 3 heterocycles. The topological polar surface area (TPSA) is 75.1 Å². The highest BCUT2D eigenvalue weighted by atomic mass is 35.5. The predicted octanol–water partition coefficient (Wildman–Crippen LogP) is 2.92. The average molecular weight is 455 g/mol. The van der Waals surface area contributed by atoms with E-state index in [1.165, 1.54) is 18.4 Å². The molecule has 0 aliphatic carbocycles. The molecule has 1 aromatic carbocycles. The van der Waals surface area contributed by atoms with Crippen molar-refractivity contribution in [3.8, 4) is 0 Å². The van der Waals surface area contributed by atoms with Crippen molar-refractivity contribution in [2.75, 3.05) is 32.7 Å². The summed E-state index contributed by atoms with van der Waals surface area (Å²) in [4.78, 5) is 15.3. The normalized spacial score (nSPS) is 18.3. The SMILES string of the molecule is Cc1c(C(=O)NCC(c2ccccc2)N2CCCC2)nnn1C1CCNCC1.Cl.Cl. The Bertz CT molecular complexity index is 788. The molecule has 2 fully saturated rings. The van der Waals surface area contributed by atoms with E-state index in [1.54, 1.807) is 0 Å². The summed E-state index contributed by atoms with van der Waals surface area (Å²) in [7, 11) is 0. The first kappa shape index (κ1) is 24.6. The fourth-order valence-corrected chi connectivity index (χ4v) is 4.41. The van der Waals surface area contributed by atoms with E-state index in [-0.39, 0.29) is 36.8 Å². The third-order valence-corrected chi connectivity index (χ3v) is 6.02. The van der Waals surface area contributed by atoms with Crippen molar-refractivity contribution >= 4 is 30.7 Å². The van der Waals surface area contributed by atoms with Crippen molar-refractivity contribution in [3.05, 3.63) is 47.3 Å². The summed E-state index contributed by atoms with van der Waals surface area (Å²) in [6.07, 6.45) is 4.49. The Morgan fingerprint density at radius 2 is 1.83 bits per heavy atom. The summed E-state index contributed by atoms with van der Waals surface area (Å²) < 4.78 is 1.94. The van der Waals surface area contributed by atoms with Crippen molar-refractivity contribution < 1.29 is 4.79 Å². The molecule has 2 saturated heterocycles. The molecule has 9 heteroatoms. The van der Waals surface area contributed by atoms with E-state index < -0.39 is 0 Å². The van der Waals surface area contributed by atoms with Crippen LogP contribution in [0.4, 0.5) is 0 Å². The Hall–Kier alpha value is -1.67. The molecule has 7 nitrogen and oxygen atoms in total. The van der Waals surface area contributed by atoms with Crippen LogP contribution in [-0.4, -0.2) is 58.5 Å². The van der Waals surface area contributed by atoms with Gasteiger partial charge in [-0.1, -0.05) is 35.5 Å². The molecule has 0 bridgehead atoms. The summed E-state index contributed by atoms with van der Waals surface area (Å²) in [5, 5.41) is 15.0. The molecule has 0 saturated carbocycles. The Labute approximate surface area is 190 Å². The Balaban J connectivity index is 0.00000160. The van der Waals surface area contributed by atoms with Crippen LogP contribution in [0.25, 0.3) is 0 Å². The first-order chi connectivity index (χ1) is 13.7. The van der Waals surface area contributed by atoms with E-state index in [1.807, 2.05) is 17.7 Å². The smallest absolute Gasteiger partial charge is 0.273 e. The fourth-order valence-electron chi connectivity index (χ4n) is 4.41. The Morgan fingerprint density at radius 1 is 1.17 bits per heavy atom. The summed E-state index contributed by atoms with van der Waals surface area (Å²) in [6, 6.07) is 11.0. The molecule has 2 aliphatic heterocycles. The number of carbonyl (C=O) groups excluding carboxylic acids is 1. The molecule has 0 spiro atoms. The highest BCUT2D eigenvalue weighted by molar-refractivity contribution is 5.93. The lowest BCUT2D eigenvalue weighted by Gasteiger charge is -2.28. The molecule has 2 aliphatic rings. The van der Waals surface area contributed by atoms with Crippen LogP contribution in [0.3, 0.4) is 0 Å². The largest absolute Gasteiger partial charge is 0.349 e. The summed E-state index contributed by atoms with van der Waals surface area (Å²) in [6.45, 7) is 6.68. The number of halogens is 2. The van der Waals surface area contributed by atoms with Crippen molar-refractivity contribution in [3.63, 3.8) is 0 Å². The van der Waals surface area contributed by atoms with Gasteiger partial charge in [-0.3, -0.25) is 9.69 Å². The minimum Gasteiger partial charge on any atom is -0.349 e. The van der Waals surface area contributed by atoms with E-state index in [9.17, 15) is 4.79 Å². The van der Waals surface area contributed by atoms with Gasteiger partial charge in [0, 0.05) is 6.54 Å². The van der Waals surface area contributed by atoms with Gasteiger partial charge in [0.1, 0.15) is 0 Å². The maximum absolute atomic E-state index is 12.9. The third kappa shape index (κ3) is 5.52. The van der Waals surface area contributed by atoms with Gasteiger partial charge in [0.25, 0.3) is 5.91 Å². The van der Waals surface area contributed by atoms with Crippen molar-refractivity contribution in [1.82, 2.24) is 30.5 Å². The van der Waals surface area contributed by atoms with E-state index in [4.69, 9.17) is 0 Å². The molecular formula is C21H32Cl2N6O. The lowest BCUT2D eigenvalue weighted by Crippen LogP contribution is -2.37. The standard InChI is InChI=1S/C21H30N6O.2ClH/c1-16-20(24-25-27(16)18-9-11-22-12-10-18)21(28)23-15-19(26-13-5-6-14-26)17-7-3-2-4-8-17;;/h2-4,7-8,18-19,22H,5-6,9-15H2,1H3,(H,23,28);2*1H. The van der Waals surface area contributed by atoms with Gasteiger partial charge in [0.15, 0.2) is 5.69 Å². The molecule has 4 rings (SSSR count). The molecule has 166 valence electrons. The van der Waals surface area contributed by atoms with Gasteiger partial charge < -0.3 is 10.6 Å². The number of piperidine rings is 1. The molecule has 1 amide bonds. The maximum Gasteiger partial charge on any atom is 0.273 e. The number of rotatable bonds is 6. The van der Waals surface area contributed by atoms with Crippen LogP contribution in [0.2, 0.25) is 0 Å². The molecule has 2 N–H and O–H groups in total. The fraction of sp³-hybridized carbons (Fsp3) is 0.571. The number of amides is 1. The molecule has 1 unspecified atom stereocenters. The molecule has 2 aromatic rings. The number of hydrogen-bond donors (Lipinski definition) is 2. The summed E-state index contributed by atoms with van der Waals surface area (Å²) >= 11 is 0. The van der Waals surface area contributed by atoms with Gasteiger partial charge in [0.2, 0.25) is 0 Å². The predicted molar refractivity (Wildman–Crippen MR) is 123 cm³/mol. The van der Waals surface area contributed by atoms with Crippen molar-refractivity contribution in [2.45, 2.75) is 44.7 Å². The van der Waals surface area contributed by atoms with Crippen LogP contribution in [-0.2, 0) is 0 Å². The van der Waals surface area contributed by atoms with Gasteiger partial charge in [-0.2, -0.15) is 0 Å². The summed E-state index contributed by atoms with van der Waals surface area (Å²) in [5.74, 6) is -0.127. The van der Waals surface area contributed by atoms with E-state index in [0.29, 0.717) is 18.3 Å². The van der Waals surface area contributed by atoms with E-state index >= 15 is 0 Å². The third-order valence-electron chi connectivity index (χ3n) is 6.02. The van der Waals surface area contributed by atoms with Crippen molar-refractivity contribution in [1.29, 1.82) is 0 Å². The van der Waals surface area contributed by atoms with Crippen molar-refractivity contribution in [2.24, 2.45) is 0 Å². The monoisotopic (exact) mass is 454 g/mol. The number of nitrogens with one attached hydrogen (secondary N) is 2. The molecular weight excluding hydrogens is 423 g/mol. The number of likely N-dealkylation sites (tertiary alicyclic amines) is 1. The quantitative estimate of drug-likeness (QED) is 0.701. The average Bonchev–Trinajstić information content (AvgIpc) is 3.40. The number of hydrogen-bond acceptors (Lipinski definition) is 5. The van der Waals surface area contributed by atoms with E-state index in [0.717, 1.165) is 44.7 Å². The maximum atomic E-state index is 12.9. The van der Waals surface area contributed by atoms with Crippen LogP contribution in [0.1, 0.15) is 59.5 Å². The zero-order chi connectivity index (χ0) is 19.3. The van der Waals surface area contributed by atoms with Gasteiger partial charge in [-0.25, -0.2) is 4.68 Å². The highest BCUT2D eigenvalue weighted by Gasteiger charge is 2.26. The second-order valence-electron chi connectivity index (χ2n) is 7.83. The summed E-state index contributed by atoms with van der Waals surface area (Å²) in [5.41, 5.74) is 2.56. The second kappa shape index (κ2) is 11.6. The van der Waals surface area contributed by atoms with Crippen LogP contribution in [0, 0.1) is 6.92 Å². The minimum absolute atomic E-state index is 0. The van der Waals surface area contributed by atoms with E-state index in [2.05, 4.69) is 50.1 Å². The number of aromatic nitrogens is 3. The number of nitrogens with zero attached hydrogens (tertiary/aromatic N) is 4. The first-order valence-corrected chi connectivity index (χ1v) is 10.4. The second-order valence-corrected chi connectivity index (χ2v) is 7.83. The van der Waals surface area contributed by atoms with Gasteiger partial charge in [-0.05, 0) is 64.3 Å². The molecule has 30 heavy (non-hydrogen) atoms. The van der Waals surface area contributed by atoms with Gasteiger partial charge >= 0.3 is 0 Å². The van der Waals surface area contributed by atoms with Crippen LogP contribution >= 0.6 is 24.8 Å². The zero-order valence-electron chi connectivity index (χ0n) is 17.4. The van der Waals surface area contributed by atoms with Gasteiger partial charge in [0.05, 0.1) is 17.8 Å². The highest BCUT2D eigenvalue weighted by Crippen LogP contribution is 2.25. The Kier molecular flexibility index (Phi) is 9.55.